The summed E-state index contributed by atoms with van der Waals surface area (Å²) in [7, 11) is -7.17. The molecule has 0 N–H and O–H groups in total. The van der Waals surface area contributed by atoms with Gasteiger partial charge in [0.1, 0.15) is 0 Å². The Balaban J connectivity index is 1.39. The number of para-hydroxylation sites is 3. The van der Waals surface area contributed by atoms with Crippen molar-refractivity contribution in [2.24, 2.45) is 5.92 Å². The van der Waals surface area contributed by atoms with E-state index >= 15 is 0 Å². The van der Waals surface area contributed by atoms with Crippen molar-refractivity contribution in [3.05, 3.63) is 175 Å². The van der Waals surface area contributed by atoms with E-state index in [9.17, 15) is 21.6 Å². The Morgan fingerprint density at radius 2 is 1.10 bits per heavy atom. The Bertz CT molecular complexity index is 2930. The normalized spacial score (nSPS) is 12.5. The quantitative estimate of drug-likeness (QED) is 0.0905. The van der Waals surface area contributed by atoms with Gasteiger partial charge in [0, 0.05) is 44.9 Å². The van der Waals surface area contributed by atoms with E-state index in [1.807, 2.05) is 108 Å². The lowest BCUT2D eigenvalue weighted by Gasteiger charge is -2.31. The minimum atomic E-state index is -6.06. The van der Waals surface area contributed by atoms with Gasteiger partial charge in [-0.25, -0.2) is 10.0 Å². The van der Waals surface area contributed by atoms with Crippen LogP contribution in [0.1, 0.15) is 19.4 Å². The SMILES string of the molecule is CC(C)Cc1ccc(N(c2ccc(OS(=O)(=O)C(F)(F)F)c(N(c3ccccc3)c3ccc(S(C)(C)C)cc3)c2)c2ccc3c4ccccc4n(-c4ccccc4)c3c2)cc1. The standard InChI is InChI=1S/C50H46F3N3O3S2/c1-35(2)32-36-20-22-39(23-21-36)54(41-26-30-45-44-18-12-13-19-46(44)56(47(45)33-41)38-16-10-7-11-17-38)42-27-31-49(59-61(57,58)50(51,52)53)48(34-42)55(37-14-8-6-9-15-37)40-24-28-43(29-25-40)60(3,4)5/h6-31,33-35H,32H2,1-5H3. The molecule has 0 spiro atoms. The summed E-state index contributed by atoms with van der Waals surface area (Å²) in [6, 6.07) is 54.4. The molecule has 0 aliphatic carbocycles. The Labute approximate surface area is 356 Å². The van der Waals surface area contributed by atoms with E-state index in [2.05, 4.69) is 85.7 Å². The molecule has 0 saturated carbocycles. The number of nitrogens with zero attached hydrogens (tertiary/aromatic N) is 3. The molecule has 0 aliphatic rings. The van der Waals surface area contributed by atoms with Crippen LogP contribution in [-0.2, 0) is 16.5 Å². The predicted octanol–water partition coefficient (Wildman–Crippen LogP) is 14.2. The topological polar surface area (TPSA) is 54.8 Å². The predicted molar refractivity (Wildman–Crippen MR) is 248 cm³/mol. The Morgan fingerprint density at radius 3 is 1.74 bits per heavy atom. The van der Waals surface area contributed by atoms with E-state index in [4.69, 9.17) is 4.18 Å². The fraction of sp³-hybridized carbons (Fsp3) is 0.160. The lowest BCUT2D eigenvalue weighted by molar-refractivity contribution is -0.0499. The first-order valence-corrected chi connectivity index (χ1v) is 24.1. The minimum absolute atomic E-state index is 0.0910. The summed E-state index contributed by atoms with van der Waals surface area (Å²) in [5.41, 5.74) is 1.89. The Morgan fingerprint density at radius 1 is 0.574 bits per heavy atom. The number of rotatable bonds is 12. The molecule has 312 valence electrons. The van der Waals surface area contributed by atoms with Gasteiger partial charge in [0.25, 0.3) is 0 Å². The van der Waals surface area contributed by atoms with Crippen LogP contribution in [0.25, 0.3) is 27.5 Å². The average molecular weight is 858 g/mol. The Kier molecular flexibility index (Phi) is 11.1. The number of aromatic nitrogens is 1. The molecule has 8 aromatic rings. The largest absolute Gasteiger partial charge is 0.534 e. The molecule has 7 aromatic carbocycles. The maximum Gasteiger partial charge on any atom is 0.534 e. The van der Waals surface area contributed by atoms with E-state index in [0.717, 1.165) is 55.7 Å². The molecule has 6 nitrogen and oxygen atoms in total. The molecule has 1 heterocycles. The van der Waals surface area contributed by atoms with Gasteiger partial charge in [-0.05, 0) is 139 Å². The maximum atomic E-state index is 14.0. The fourth-order valence-corrected chi connectivity index (χ4v) is 9.14. The van der Waals surface area contributed by atoms with Gasteiger partial charge in [-0.2, -0.15) is 21.6 Å². The molecule has 8 rings (SSSR count). The van der Waals surface area contributed by atoms with Crippen molar-refractivity contribution in [3.8, 4) is 11.4 Å². The molecule has 0 radical (unpaired) electrons. The van der Waals surface area contributed by atoms with E-state index in [0.29, 0.717) is 23.0 Å². The first-order chi connectivity index (χ1) is 29.1. The second-order valence-electron chi connectivity index (χ2n) is 16.1. The fourth-order valence-electron chi connectivity index (χ4n) is 7.72. The van der Waals surface area contributed by atoms with Crippen molar-refractivity contribution >= 4 is 76.1 Å². The zero-order valence-corrected chi connectivity index (χ0v) is 36.1. The summed E-state index contributed by atoms with van der Waals surface area (Å²) in [5.74, 6) is -0.0440. The first-order valence-electron chi connectivity index (χ1n) is 19.9. The zero-order valence-electron chi connectivity index (χ0n) is 34.5. The molecule has 0 fully saturated rings. The molecular weight excluding hydrogens is 812 g/mol. The summed E-state index contributed by atoms with van der Waals surface area (Å²) in [6.07, 6.45) is 7.41. The van der Waals surface area contributed by atoms with Gasteiger partial charge < -0.3 is 18.6 Å². The van der Waals surface area contributed by atoms with Crippen LogP contribution < -0.4 is 14.0 Å². The van der Waals surface area contributed by atoms with Crippen molar-refractivity contribution in [2.45, 2.75) is 30.7 Å². The van der Waals surface area contributed by atoms with Crippen LogP contribution in [0, 0.1) is 5.92 Å². The molecule has 0 bridgehead atoms. The third kappa shape index (κ3) is 8.45. The lowest BCUT2D eigenvalue weighted by atomic mass is 10.0. The monoisotopic (exact) mass is 857 g/mol. The van der Waals surface area contributed by atoms with Gasteiger partial charge in [-0.15, -0.1) is 0 Å². The first kappa shape index (κ1) is 41.6. The summed E-state index contributed by atoms with van der Waals surface area (Å²) < 4.78 is 74.9. The maximum absolute atomic E-state index is 14.0. The van der Waals surface area contributed by atoms with E-state index < -0.39 is 31.4 Å². The molecule has 0 saturated heterocycles. The summed E-state index contributed by atoms with van der Waals surface area (Å²) in [6.45, 7) is 4.34. The summed E-state index contributed by atoms with van der Waals surface area (Å²) in [4.78, 5) is 4.89. The Hall–Kier alpha value is -6.17. The molecule has 0 atom stereocenters. The van der Waals surface area contributed by atoms with Gasteiger partial charge in [0.05, 0.1) is 16.7 Å². The number of benzene rings is 7. The van der Waals surface area contributed by atoms with Gasteiger partial charge >= 0.3 is 15.6 Å². The number of halogens is 3. The van der Waals surface area contributed by atoms with Crippen molar-refractivity contribution in [2.75, 3.05) is 28.6 Å². The highest BCUT2D eigenvalue weighted by Gasteiger charge is 2.49. The number of fused-ring (bicyclic) bond motifs is 3. The van der Waals surface area contributed by atoms with Crippen LogP contribution in [0.4, 0.5) is 47.3 Å². The third-order valence-electron chi connectivity index (χ3n) is 10.5. The highest BCUT2D eigenvalue weighted by atomic mass is 32.3. The van der Waals surface area contributed by atoms with Crippen LogP contribution in [-0.4, -0.2) is 37.3 Å². The second kappa shape index (κ2) is 16.4. The number of alkyl halides is 3. The molecule has 11 heteroatoms. The van der Waals surface area contributed by atoms with Crippen molar-refractivity contribution in [3.63, 3.8) is 0 Å². The smallest absolute Gasteiger partial charge is 0.374 e. The van der Waals surface area contributed by atoms with Crippen LogP contribution in [0.3, 0.4) is 0 Å². The number of hydrogen-bond donors (Lipinski definition) is 0. The molecule has 0 amide bonds. The highest BCUT2D eigenvalue weighted by molar-refractivity contribution is 8.32. The summed E-state index contributed by atoms with van der Waals surface area (Å²) in [5, 5.41) is 2.14. The second-order valence-corrected chi connectivity index (χ2v) is 21.8. The van der Waals surface area contributed by atoms with Gasteiger partial charge in [0.2, 0.25) is 0 Å². The highest BCUT2D eigenvalue weighted by Crippen LogP contribution is 2.49. The zero-order chi connectivity index (χ0) is 43.1. The summed E-state index contributed by atoms with van der Waals surface area (Å²) >= 11 is 0. The minimum Gasteiger partial charge on any atom is -0.374 e. The van der Waals surface area contributed by atoms with Crippen LogP contribution in [0.15, 0.2) is 175 Å². The van der Waals surface area contributed by atoms with Crippen LogP contribution >= 0.6 is 10.0 Å². The molecule has 61 heavy (non-hydrogen) atoms. The van der Waals surface area contributed by atoms with Crippen molar-refractivity contribution in [1.82, 2.24) is 4.57 Å². The van der Waals surface area contributed by atoms with Crippen molar-refractivity contribution in [1.29, 1.82) is 0 Å². The van der Waals surface area contributed by atoms with E-state index in [1.165, 1.54) is 6.07 Å². The van der Waals surface area contributed by atoms with E-state index in [1.54, 1.807) is 17.0 Å². The van der Waals surface area contributed by atoms with E-state index in [-0.39, 0.29) is 5.69 Å². The number of hydrogen-bond acceptors (Lipinski definition) is 5. The van der Waals surface area contributed by atoms with Gasteiger partial charge in [-0.1, -0.05) is 86.6 Å². The molecule has 0 unspecified atom stereocenters. The van der Waals surface area contributed by atoms with Crippen LogP contribution in [0.5, 0.6) is 5.75 Å². The lowest BCUT2D eigenvalue weighted by Crippen LogP contribution is -2.28. The van der Waals surface area contributed by atoms with Crippen LogP contribution in [0.2, 0.25) is 0 Å². The van der Waals surface area contributed by atoms with Gasteiger partial charge in [-0.3, -0.25) is 0 Å². The molecule has 1 aromatic heterocycles. The molecular formula is C50H46F3N3O3S2. The third-order valence-corrected chi connectivity index (χ3v) is 13.2. The average Bonchev–Trinajstić information content (AvgIpc) is 3.56. The van der Waals surface area contributed by atoms with Crippen molar-refractivity contribution < 1.29 is 25.8 Å². The molecule has 0 aliphatic heterocycles. The number of anilines is 6. The van der Waals surface area contributed by atoms with Gasteiger partial charge in [0.15, 0.2) is 5.75 Å².